The molecular weight excluding hydrogens is 562 g/mol. The normalized spacial score (nSPS) is 12.6. The maximum absolute atomic E-state index is 10.7. The molecule has 0 N–H and O–H groups in total. The highest BCUT2D eigenvalue weighted by atomic mass is 32.2. The molecule has 18 heteroatoms. The standard InChI is InChI=1S/C17H16N2O2.2CHF3O3S/c1-18-12-7-3-5-9-14(12)20-16(18)11-17-19(2)13-8-4-6-10-15(13)21-17;2*2-1(3,4)8(5,6)7/h3-10H,11H2,1-2H3;2*(H,5,6,7)/q+2;;/p-2. The van der Waals surface area contributed by atoms with Crippen LogP contribution < -0.4 is 9.13 Å². The van der Waals surface area contributed by atoms with Gasteiger partial charge in [-0.15, -0.1) is 0 Å². The van der Waals surface area contributed by atoms with Crippen LogP contribution in [0.1, 0.15) is 11.8 Å². The Balaban J connectivity index is 0.000000251. The molecule has 2 aromatic carbocycles. The molecule has 0 saturated heterocycles. The fraction of sp³-hybridized carbons (Fsp3) is 0.263. The second-order valence-electron chi connectivity index (χ2n) is 7.02. The molecule has 0 bridgehead atoms. The lowest BCUT2D eigenvalue weighted by Gasteiger charge is -2.08. The lowest BCUT2D eigenvalue weighted by Crippen LogP contribution is -2.35. The van der Waals surface area contributed by atoms with Gasteiger partial charge in [-0.2, -0.15) is 35.5 Å². The van der Waals surface area contributed by atoms with Gasteiger partial charge < -0.3 is 17.9 Å². The van der Waals surface area contributed by atoms with Gasteiger partial charge in [0.05, 0.1) is 0 Å². The number of rotatable bonds is 2. The molecule has 0 aliphatic heterocycles. The molecule has 0 atom stereocenters. The number of nitrogens with zero attached hydrogens (tertiary/aromatic N) is 2. The van der Waals surface area contributed by atoms with E-state index in [2.05, 4.69) is 21.3 Å². The summed E-state index contributed by atoms with van der Waals surface area (Å²) in [5.41, 5.74) is -7.32. The largest absolute Gasteiger partial charge is 0.741 e. The van der Waals surface area contributed by atoms with Crippen molar-refractivity contribution in [1.29, 1.82) is 0 Å². The number of oxazole rings is 2. The van der Waals surface area contributed by atoms with Gasteiger partial charge >= 0.3 is 22.8 Å². The van der Waals surface area contributed by atoms with Crippen molar-refractivity contribution in [2.75, 3.05) is 0 Å². The summed E-state index contributed by atoms with van der Waals surface area (Å²) in [5.74, 6) is 1.76. The predicted octanol–water partition coefficient (Wildman–Crippen LogP) is 2.52. The second kappa shape index (κ2) is 10.6. The van der Waals surface area contributed by atoms with Crippen molar-refractivity contribution in [2.45, 2.75) is 17.4 Å². The van der Waals surface area contributed by atoms with E-state index in [4.69, 9.17) is 34.8 Å². The highest BCUT2D eigenvalue weighted by molar-refractivity contribution is 7.86. The molecule has 0 aliphatic rings. The highest BCUT2D eigenvalue weighted by Gasteiger charge is 2.37. The highest BCUT2D eigenvalue weighted by Crippen LogP contribution is 2.21. The predicted molar refractivity (Wildman–Crippen MR) is 109 cm³/mol. The van der Waals surface area contributed by atoms with E-state index in [1.807, 2.05) is 50.5 Å². The fourth-order valence-electron chi connectivity index (χ4n) is 2.74. The molecule has 2 heterocycles. The first-order valence-electron chi connectivity index (χ1n) is 9.51. The van der Waals surface area contributed by atoms with Gasteiger partial charge in [0.15, 0.2) is 26.7 Å². The third kappa shape index (κ3) is 7.40. The van der Waals surface area contributed by atoms with Crippen molar-refractivity contribution in [3.05, 3.63) is 60.3 Å². The van der Waals surface area contributed by atoms with E-state index in [9.17, 15) is 26.3 Å². The minimum Gasteiger partial charge on any atom is -0.741 e. The van der Waals surface area contributed by atoms with Gasteiger partial charge in [-0.3, -0.25) is 0 Å². The van der Waals surface area contributed by atoms with Gasteiger partial charge in [0.2, 0.25) is 11.2 Å². The van der Waals surface area contributed by atoms with E-state index in [-0.39, 0.29) is 0 Å². The Hall–Kier alpha value is -3.22. The minimum absolute atomic E-state index is 0.621. The van der Waals surface area contributed by atoms with Crippen LogP contribution in [0.25, 0.3) is 22.2 Å². The van der Waals surface area contributed by atoms with Gasteiger partial charge in [0.1, 0.15) is 14.1 Å². The van der Waals surface area contributed by atoms with Crippen molar-refractivity contribution in [3.63, 3.8) is 0 Å². The summed E-state index contributed by atoms with van der Waals surface area (Å²) in [7, 11) is -8.15. The lowest BCUT2D eigenvalue weighted by molar-refractivity contribution is -0.672. The van der Waals surface area contributed by atoms with Crippen LogP contribution in [0.2, 0.25) is 0 Å². The van der Waals surface area contributed by atoms with E-state index in [0.717, 1.165) is 34.0 Å². The Kier molecular flexibility index (Phi) is 8.63. The van der Waals surface area contributed by atoms with Gasteiger partial charge in [0, 0.05) is 12.1 Å². The van der Waals surface area contributed by atoms with Crippen LogP contribution >= 0.6 is 0 Å². The zero-order valence-electron chi connectivity index (χ0n) is 18.6. The van der Waals surface area contributed by atoms with Crippen molar-refractivity contribution >= 4 is 42.4 Å². The SMILES string of the molecule is C[n+]1c(Cc2oc3ccccc3[n+]2C)oc2ccccc21.O=S(=O)([O-])C(F)(F)F.O=S(=O)([O-])C(F)(F)F. The Morgan fingerprint density at radius 2 is 0.946 bits per heavy atom. The van der Waals surface area contributed by atoms with Gasteiger partial charge in [-0.25, -0.2) is 16.8 Å². The van der Waals surface area contributed by atoms with Crippen molar-refractivity contribution in [3.8, 4) is 0 Å². The van der Waals surface area contributed by atoms with E-state index >= 15 is 0 Å². The number of aromatic nitrogens is 2. The lowest BCUT2D eigenvalue weighted by atomic mass is 10.3. The summed E-state index contributed by atoms with van der Waals surface area (Å²) in [6, 6.07) is 16.1. The first kappa shape index (κ1) is 30.0. The maximum atomic E-state index is 10.7. The quantitative estimate of drug-likeness (QED) is 0.153. The second-order valence-corrected chi connectivity index (χ2v) is 9.76. The van der Waals surface area contributed by atoms with Crippen LogP contribution in [0.5, 0.6) is 0 Å². The first-order valence-corrected chi connectivity index (χ1v) is 12.3. The van der Waals surface area contributed by atoms with Gasteiger partial charge in [-0.05, 0) is 12.1 Å². The number of alkyl halides is 6. The zero-order valence-corrected chi connectivity index (χ0v) is 20.2. The van der Waals surface area contributed by atoms with Gasteiger partial charge in [0.25, 0.3) is 11.0 Å². The summed E-state index contributed by atoms with van der Waals surface area (Å²) in [5, 5.41) is 0. The Morgan fingerprint density at radius 3 is 1.19 bits per heavy atom. The average Bonchev–Trinajstić information content (AvgIpc) is 3.23. The molecule has 0 amide bonds. The number of para-hydroxylation sites is 4. The van der Waals surface area contributed by atoms with E-state index in [0.29, 0.717) is 6.42 Å². The van der Waals surface area contributed by atoms with Crippen LogP contribution in [0.4, 0.5) is 26.3 Å². The summed E-state index contributed by atoms with van der Waals surface area (Å²) >= 11 is 0. The topological polar surface area (TPSA) is 148 Å². The van der Waals surface area contributed by atoms with Gasteiger partial charge in [-0.1, -0.05) is 24.3 Å². The summed E-state index contributed by atoms with van der Waals surface area (Å²) in [4.78, 5) is 0. The molecule has 0 spiro atoms. The smallest absolute Gasteiger partial charge is 0.485 e. The molecule has 0 fully saturated rings. The van der Waals surface area contributed by atoms with Crippen molar-refractivity contribution < 1.29 is 70.3 Å². The first-order chi connectivity index (χ1) is 16.7. The van der Waals surface area contributed by atoms with Crippen LogP contribution in [0.15, 0.2) is 57.4 Å². The fourth-order valence-corrected chi connectivity index (χ4v) is 2.74. The molecule has 0 aliphatic carbocycles. The number of hydrogen-bond donors (Lipinski definition) is 0. The number of hydrogen-bond acceptors (Lipinski definition) is 8. The molecule has 0 saturated carbocycles. The van der Waals surface area contributed by atoms with Crippen molar-refractivity contribution in [2.24, 2.45) is 14.1 Å². The summed E-state index contributed by atoms with van der Waals surface area (Å²) in [6.07, 6.45) is 0.621. The Bertz CT molecular complexity index is 1490. The monoisotopic (exact) mass is 578 g/mol. The van der Waals surface area contributed by atoms with E-state index in [1.54, 1.807) is 0 Å². The molecule has 4 aromatic rings. The average molecular weight is 578 g/mol. The minimum atomic E-state index is -6.09. The molecule has 37 heavy (non-hydrogen) atoms. The van der Waals surface area contributed by atoms with Crippen molar-refractivity contribution in [1.82, 2.24) is 0 Å². The van der Waals surface area contributed by atoms with Crippen LogP contribution in [-0.4, -0.2) is 37.0 Å². The summed E-state index contributed by atoms with van der Waals surface area (Å²) < 4.78 is 134. The van der Waals surface area contributed by atoms with Crippen LogP contribution in [-0.2, 0) is 40.8 Å². The number of fused-ring (bicyclic) bond motifs is 2. The Labute approximate surface area is 204 Å². The molecule has 4 rings (SSSR count). The zero-order chi connectivity index (χ0) is 28.4. The molecule has 10 nitrogen and oxygen atoms in total. The third-order valence-electron chi connectivity index (χ3n) is 4.53. The number of benzene rings is 2. The van der Waals surface area contributed by atoms with E-state index < -0.39 is 31.3 Å². The maximum Gasteiger partial charge on any atom is 0.485 e. The van der Waals surface area contributed by atoms with Crippen LogP contribution in [0, 0.1) is 0 Å². The molecule has 2 aromatic heterocycles. The van der Waals surface area contributed by atoms with E-state index in [1.165, 1.54) is 0 Å². The third-order valence-corrected chi connectivity index (χ3v) is 5.66. The number of aryl methyl sites for hydroxylation is 2. The molecule has 0 radical (unpaired) electrons. The molecule has 204 valence electrons. The molecular formula is C19H16F6N2O8S2. The molecule has 0 unspecified atom stereocenters. The number of halogens is 6. The Morgan fingerprint density at radius 1 is 0.676 bits per heavy atom. The van der Waals surface area contributed by atoms with Crippen LogP contribution in [0.3, 0.4) is 0 Å². The summed E-state index contributed by atoms with van der Waals surface area (Å²) in [6.45, 7) is 0.